The first-order valence-corrected chi connectivity index (χ1v) is 7.21. The van der Waals surface area contributed by atoms with Crippen molar-refractivity contribution in [1.29, 1.82) is 0 Å². The number of azo groups is 1. The molecule has 0 saturated carbocycles. The SMILES string of the molecule is Cc1cc(Cl)ccc1N=NC(=O)NNc1ccc(Cl)cc1C. The molecule has 5 nitrogen and oxygen atoms in total. The lowest BCUT2D eigenvalue weighted by Gasteiger charge is -2.08. The second-order valence-electron chi connectivity index (χ2n) is 4.65. The number of aryl methyl sites for hydroxylation is 2. The van der Waals surface area contributed by atoms with E-state index in [1.165, 1.54) is 0 Å². The third-order valence-electron chi connectivity index (χ3n) is 2.90. The molecule has 2 rings (SSSR count). The molecule has 7 heteroatoms. The molecule has 2 aromatic rings. The maximum atomic E-state index is 11.7. The first-order valence-electron chi connectivity index (χ1n) is 6.46. The minimum absolute atomic E-state index is 0.585. The highest BCUT2D eigenvalue weighted by Crippen LogP contribution is 2.22. The number of halogens is 2. The Bertz CT molecular complexity index is 731. The number of nitrogens with zero attached hydrogens (tertiary/aromatic N) is 2. The molecule has 2 amide bonds. The van der Waals surface area contributed by atoms with Crippen LogP contribution in [0.1, 0.15) is 11.1 Å². The van der Waals surface area contributed by atoms with E-state index in [-0.39, 0.29) is 0 Å². The summed E-state index contributed by atoms with van der Waals surface area (Å²) >= 11 is 11.7. The van der Waals surface area contributed by atoms with Gasteiger partial charge in [-0.15, -0.1) is 5.11 Å². The number of nitrogens with one attached hydrogen (secondary N) is 2. The van der Waals surface area contributed by atoms with E-state index in [1.807, 2.05) is 13.8 Å². The minimum Gasteiger partial charge on any atom is -0.297 e. The van der Waals surface area contributed by atoms with Crippen molar-refractivity contribution in [1.82, 2.24) is 5.43 Å². The molecule has 0 unspecified atom stereocenters. The number of carbonyl (C=O) groups is 1. The van der Waals surface area contributed by atoms with Crippen molar-refractivity contribution < 1.29 is 4.79 Å². The van der Waals surface area contributed by atoms with Crippen molar-refractivity contribution in [2.75, 3.05) is 5.43 Å². The summed E-state index contributed by atoms with van der Waals surface area (Å²) in [5.41, 5.74) is 8.27. The lowest BCUT2D eigenvalue weighted by molar-refractivity contribution is 0.249. The number of urea groups is 1. The fraction of sp³-hybridized carbons (Fsp3) is 0.133. The highest BCUT2D eigenvalue weighted by Gasteiger charge is 2.02. The van der Waals surface area contributed by atoms with Crippen LogP contribution in [0.2, 0.25) is 10.0 Å². The third kappa shape index (κ3) is 4.44. The number of hydrogen-bond acceptors (Lipinski definition) is 3. The van der Waals surface area contributed by atoms with Crippen LogP contribution >= 0.6 is 23.2 Å². The van der Waals surface area contributed by atoms with Crippen molar-refractivity contribution in [3.8, 4) is 0 Å². The second kappa shape index (κ2) is 7.24. The fourth-order valence-corrected chi connectivity index (χ4v) is 2.20. The van der Waals surface area contributed by atoms with Crippen molar-refractivity contribution >= 4 is 40.6 Å². The average Bonchev–Trinajstić information content (AvgIpc) is 2.45. The molecule has 2 aromatic carbocycles. The number of amides is 2. The topological polar surface area (TPSA) is 65.8 Å². The summed E-state index contributed by atoms with van der Waals surface area (Å²) in [6.45, 7) is 3.71. The molecule has 0 bridgehead atoms. The quantitative estimate of drug-likeness (QED) is 0.579. The molecule has 0 aliphatic heterocycles. The maximum absolute atomic E-state index is 11.7. The highest BCUT2D eigenvalue weighted by molar-refractivity contribution is 6.31. The molecule has 0 radical (unpaired) electrons. The minimum atomic E-state index is -0.608. The number of rotatable bonds is 3. The van der Waals surface area contributed by atoms with Gasteiger partial charge in [-0.1, -0.05) is 28.3 Å². The van der Waals surface area contributed by atoms with Gasteiger partial charge in [0.15, 0.2) is 0 Å². The van der Waals surface area contributed by atoms with Crippen LogP contribution in [0, 0.1) is 13.8 Å². The number of benzene rings is 2. The lowest BCUT2D eigenvalue weighted by Crippen LogP contribution is -2.26. The van der Waals surface area contributed by atoms with E-state index in [4.69, 9.17) is 23.2 Å². The monoisotopic (exact) mass is 336 g/mol. The Morgan fingerprint density at radius 1 is 1.00 bits per heavy atom. The Hall–Kier alpha value is -2.11. The van der Waals surface area contributed by atoms with Crippen molar-refractivity contribution in [3.05, 3.63) is 57.6 Å². The molecule has 0 heterocycles. The summed E-state index contributed by atoms with van der Waals surface area (Å²) < 4.78 is 0. The molecule has 114 valence electrons. The fourth-order valence-electron chi connectivity index (χ4n) is 1.74. The number of hydrogen-bond donors (Lipinski definition) is 2. The van der Waals surface area contributed by atoms with E-state index < -0.39 is 6.03 Å². The third-order valence-corrected chi connectivity index (χ3v) is 3.37. The predicted molar refractivity (Wildman–Crippen MR) is 89.0 cm³/mol. The van der Waals surface area contributed by atoms with Gasteiger partial charge in [0.25, 0.3) is 0 Å². The predicted octanol–water partition coefficient (Wildman–Crippen LogP) is 5.43. The zero-order valence-corrected chi connectivity index (χ0v) is 13.5. The van der Waals surface area contributed by atoms with Gasteiger partial charge in [-0.2, -0.15) is 0 Å². The largest absolute Gasteiger partial charge is 0.378 e. The maximum Gasteiger partial charge on any atom is 0.378 e. The molecule has 0 atom stereocenters. The van der Waals surface area contributed by atoms with Crippen LogP contribution in [-0.2, 0) is 0 Å². The molecule has 22 heavy (non-hydrogen) atoms. The molecule has 0 saturated heterocycles. The average molecular weight is 337 g/mol. The van der Waals surface area contributed by atoms with Crippen LogP contribution in [-0.4, -0.2) is 6.03 Å². The van der Waals surface area contributed by atoms with Gasteiger partial charge in [-0.3, -0.25) is 5.43 Å². The van der Waals surface area contributed by atoms with E-state index in [0.717, 1.165) is 16.8 Å². The zero-order chi connectivity index (χ0) is 16.1. The number of anilines is 1. The molecule has 0 fully saturated rings. The first kappa shape index (κ1) is 16.3. The van der Waals surface area contributed by atoms with E-state index >= 15 is 0 Å². The Morgan fingerprint density at radius 3 is 2.27 bits per heavy atom. The first-order chi connectivity index (χ1) is 10.5. The highest BCUT2D eigenvalue weighted by atomic mass is 35.5. The summed E-state index contributed by atoms with van der Waals surface area (Å²) in [6.07, 6.45) is 0. The van der Waals surface area contributed by atoms with Gasteiger partial charge < -0.3 is 0 Å². The van der Waals surface area contributed by atoms with Gasteiger partial charge in [0.2, 0.25) is 0 Å². The summed E-state index contributed by atoms with van der Waals surface area (Å²) in [5.74, 6) is 0. The molecular formula is C15H14Cl2N4O. The van der Waals surface area contributed by atoms with Crippen LogP contribution in [0.15, 0.2) is 46.6 Å². The van der Waals surface area contributed by atoms with Gasteiger partial charge >= 0.3 is 6.03 Å². The standard InChI is InChI=1S/C15H14Cl2N4O/c1-9-7-11(16)3-5-13(9)18-20-15(22)21-19-14-6-4-12(17)8-10(14)2/h3-8,18H,1-2H3,(H,20,22). The van der Waals surface area contributed by atoms with Crippen LogP contribution in [0.3, 0.4) is 0 Å². The lowest BCUT2D eigenvalue weighted by atomic mass is 10.2. The number of carbonyl (C=O) groups excluding carboxylic acids is 1. The van der Waals surface area contributed by atoms with Crippen LogP contribution < -0.4 is 10.9 Å². The van der Waals surface area contributed by atoms with Crippen molar-refractivity contribution in [2.45, 2.75) is 13.8 Å². The van der Waals surface area contributed by atoms with Crippen LogP contribution in [0.25, 0.3) is 0 Å². The zero-order valence-electron chi connectivity index (χ0n) is 12.0. The molecule has 2 N–H and O–H groups in total. The summed E-state index contributed by atoms with van der Waals surface area (Å²) in [4.78, 5) is 11.7. The molecule has 0 spiro atoms. The second-order valence-corrected chi connectivity index (χ2v) is 5.52. The van der Waals surface area contributed by atoms with E-state index in [2.05, 4.69) is 21.1 Å². The Morgan fingerprint density at radius 2 is 1.64 bits per heavy atom. The van der Waals surface area contributed by atoms with Crippen molar-refractivity contribution in [2.24, 2.45) is 10.2 Å². The normalized spacial score (nSPS) is 10.7. The Labute approximate surface area is 138 Å². The summed E-state index contributed by atoms with van der Waals surface area (Å²) in [7, 11) is 0. The Balaban J connectivity index is 1.96. The van der Waals surface area contributed by atoms with Gasteiger partial charge in [0.05, 0.1) is 11.4 Å². The Kier molecular flexibility index (Phi) is 5.35. The smallest absolute Gasteiger partial charge is 0.297 e. The van der Waals surface area contributed by atoms with Gasteiger partial charge in [-0.25, -0.2) is 10.2 Å². The van der Waals surface area contributed by atoms with Crippen LogP contribution in [0.5, 0.6) is 0 Å². The van der Waals surface area contributed by atoms with Gasteiger partial charge in [0.1, 0.15) is 0 Å². The molecule has 0 aliphatic rings. The molecular weight excluding hydrogens is 323 g/mol. The van der Waals surface area contributed by atoms with E-state index in [1.54, 1.807) is 36.4 Å². The van der Waals surface area contributed by atoms with Crippen molar-refractivity contribution in [3.63, 3.8) is 0 Å². The summed E-state index contributed by atoms with van der Waals surface area (Å²) in [5, 5.41) is 8.72. The van der Waals surface area contributed by atoms with Gasteiger partial charge in [-0.05, 0) is 61.4 Å². The number of hydrazine groups is 1. The van der Waals surface area contributed by atoms with Crippen LogP contribution in [0.4, 0.5) is 16.2 Å². The molecule has 0 aromatic heterocycles. The molecule has 0 aliphatic carbocycles. The van der Waals surface area contributed by atoms with E-state index in [0.29, 0.717) is 15.7 Å². The van der Waals surface area contributed by atoms with Gasteiger partial charge in [0, 0.05) is 10.0 Å². The van der Waals surface area contributed by atoms with E-state index in [9.17, 15) is 4.79 Å². The summed E-state index contributed by atoms with van der Waals surface area (Å²) in [6, 6.07) is 9.81.